The second-order valence-electron chi connectivity index (χ2n) is 6.68. The predicted octanol–water partition coefficient (Wildman–Crippen LogP) is 2.48. The van der Waals surface area contributed by atoms with Crippen molar-refractivity contribution in [2.24, 2.45) is 5.73 Å². The van der Waals surface area contributed by atoms with Crippen LogP contribution in [0.4, 0.5) is 5.69 Å². The SMILES string of the molecule is NC(=O)CSc1ccccc1NC(=O)CN(Cc1ccco1)CC1CCCO1. The molecule has 1 aliphatic heterocycles. The van der Waals surface area contributed by atoms with Crippen molar-refractivity contribution in [1.82, 2.24) is 4.90 Å². The molecule has 0 saturated carbocycles. The topological polar surface area (TPSA) is 97.8 Å². The summed E-state index contributed by atoms with van der Waals surface area (Å²) < 4.78 is 11.2. The van der Waals surface area contributed by atoms with Crippen LogP contribution < -0.4 is 11.1 Å². The zero-order chi connectivity index (χ0) is 19.8. The van der Waals surface area contributed by atoms with E-state index in [2.05, 4.69) is 5.32 Å². The van der Waals surface area contributed by atoms with E-state index in [1.165, 1.54) is 11.8 Å². The third-order valence-corrected chi connectivity index (χ3v) is 5.44. The number of anilines is 1. The molecule has 1 fully saturated rings. The fourth-order valence-corrected chi connectivity index (χ4v) is 3.87. The number of ether oxygens (including phenoxy) is 1. The summed E-state index contributed by atoms with van der Waals surface area (Å²) in [5.74, 6) is 0.448. The van der Waals surface area contributed by atoms with Gasteiger partial charge in [0.15, 0.2) is 0 Å². The van der Waals surface area contributed by atoms with Gasteiger partial charge in [-0.3, -0.25) is 14.5 Å². The maximum absolute atomic E-state index is 12.7. The number of hydrogen-bond donors (Lipinski definition) is 2. The molecule has 1 unspecified atom stereocenters. The van der Waals surface area contributed by atoms with E-state index < -0.39 is 5.91 Å². The molecule has 3 N–H and O–H groups in total. The minimum atomic E-state index is -0.396. The minimum Gasteiger partial charge on any atom is -0.468 e. The van der Waals surface area contributed by atoms with E-state index in [-0.39, 0.29) is 24.3 Å². The van der Waals surface area contributed by atoms with Gasteiger partial charge in [-0.25, -0.2) is 0 Å². The first-order chi connectivity index (χ1) is 13.6. The number of nitrogens with one attached hydrogen (secondary N) is 1. The molecular formula is C20H25N3O4S. The Bertz CT molecular complexity index is 776. The van der Waals surface area contributed by atoms with Crippen molar-refractivity contribution in [3.8, 4) is 0 Å². The highest BCUT2D eigenvalue weighted by Gasteiger charge is 2.22. The lowest BCUT2D eigenvalue weighted by Crippen LogP contribution is -2.37. The van der Waals surface area contributed by atoms with Crippen molar-refractivity contribution in [2.75, 3.05) is 30.8 Å². The number of para-hydroxylation sites is 1. The zero-order valence-corrected chi connectivity index (χ0v) is 16.5. The average molecular weight is 404 g/mol. The Morgan fingerprint density at radius 2 is 2.11 bits per heavy atom. The molecule has 28 heavy (non-hydrogen) atoms. The molecular weight excluding hydrogens is 378 g/mol. The summed E-state index contributed by atoms with van der Waals surface area (Å²) in [5, 5.41) is 2.94. The number of hydrogen-bond acceptors (Lipinski definition) is 6. The molecule has 1 saturated heterocycles. The van der Waals surface area contributed by atoms with Crippen molar-refractivity contribution in [3.63, 3.8) is 0 Å². The Morgan fingerprint density at radius 3 is 2.82 bits per heavy atom. The summed E-state index contributed by atoms with van der Waals surface area (Å²) in [6, 6.07) is 11.1. The Hall–Kier alpha value is -2.29. The van der Waals surface area contributed by atoms with E-state index in [1.807, 2.05) is 41.3 Å². The first-order valence-corrected chi connectivity index (χ1v) is 10.2. The highest BCUT2D eigenvalue weighted by molar-refractivity contribution is 8.00. The highest BCUT2D eigenvalue weighted by Crippen LogP contribution is 2.26. The number of carbonyl (C=O) groups excluding carboxylic acids is 2. The number of rotatable bonds is 10. The quantitative estimate of drug-likeness (QED) is 0.592. The molecule has 0 bridgehead atoms. The van der Waals surface area contributed by atoms with Crippen LogP contribution in [0.5, 0.6) is 0 Å². The minimum absolute atomic E-state index is 0.128. The fourth-order valence-electron chi connectivity index (χ4n) is 3.12. The van der Waals surface area contributed by atoms with E-state index >= 15 is 0 Å². The lowest BCUT2D eigenvalue weighted by molar-refractivity contribution is -0.118. The second kappa shape index (κ2) is 10.3. The lowest BCUT2D eigenvalue weighted by Gasteiger charge is -2.24. The molecule has 150 valence electrons. The molecule has 0 radical (unpaired) electrons. The summed E-state index contributed by atoms with van der Waals surface area (Å²) in [4.78, 5) is 26.6. The van der Waals surface area contributed by atoms with Crippen molar-refractivity contribution in [3.05, 3.63) is 48.4 Å². The van der Waals surface area contributed by atoms with Crippen molar-refractivity contribution >= 4 is 29.3 Å². The van der Waals surface area contributed by atoms with Gasteiger partial charge < -0.3 is 20.2 Å². The summed E-state index contributed by atoms with van der Waals surface area (Å²) in [6.45, 7) is 2.20. The van der Waals surface area contributed by atoms with Crippen molar-refractivity contribution in [2.45, 2.75) is 30.4 Å². The van der Waals surface area contributed by atoms with Gasteiger partial charge in [-0.1, -0.05) is 12.1 Å². The average Bonchev–Trinajstić information content (AvgIpc) is 3.35. The van der Waals surface area contributed by atoms with E-state index in [0.29, 0.717) is 18.8 Å². The number of thioether (sulfide) groups is 1. The molecule has 2 aromatic rings. The van der Waals surface area contributed by atoms with Gasteiger partial charge in [-0.2, -0.15) is 0 Å². The van der Waals surface area contributed by atoms with Crippen LogP contribution in [0.3, 0.4) is 0 Å². The molecule has 1 aromatic carbocycles. The predicted molar refractivity (Wildman–Crippen MR) is 108 cm³/mol. The maximum Gasteiger partial charge on any atom is 0.238 e. The Balaban J connectivity index is 1.62. The van der Waals surface area contributed by atoms with Crippen LogP contribution in [0.15, 0.2) is 52.0 Å². The molecule has 1 aromatic heterocycles. The van der Waals surface area contributed by atoms with Crippen molar-refractivity contribution < 1.29 is 18.7 Å². The monoisotopic (exact) mass is 403 g/mol. The third-order valence-electron chi connectivity index (χ3n) is 4.34. The summed E-state index contributed by atoms with van der Waals surface area (Å²) >= 11 is 1.31. The Morgan fingerprint density at radius 1 is 1.25 bits per heavy atom. The molecule has 3 rings (SSSR count). The van der Waals surface area contributed by atoms with Crippen LogP contribution in [0.2, 0.25) is 0 Å². The maximum atomic E-state index is 12.7. The van der Waals surface area contributed by atoms with Crippen LogP contribution in [0, 0.1) is 0 Å². The number of carbonyl (C=O) groups is 2. The number of primary amides is 1. The lowest BCUT2D eigenvalue weighted by atomic mass is 10.2. The molecule has 1 atom stereocenters. The van der Waals surface area contributed by atoms with Gasteiger partial charge >= 0.3 is 0 Å². The summed E-state index contributed by atoms with van der Waals surface area (Å²) in [6.07, 6.45) is 3.83. The van der Waals surface area contributed by atoms with Crippen molar-refractivity contribution in [1.29, 1.82) is 0 Å². The second-order valence-corrected chi connectivity index (χ2v) is 7.70. The van der Waals surface area contributed by atoms with Gasteiger partial charge in [-0.05, 0) is 37.1 Å². The van der Waals surface area contributed by atoms with Crippen LogP contribution in [0.25, 0.3) is 0 Å². The van der Waals surface area contributed by atoms with E-state index in [9.17, 15) is 9.59 Å². The molecule has 0 spiro atoms. The van der Waals surface area contributed by atoms with Crippen LogP contribution in [-0.2, 0) is 20.9 Å². The van der Waals surface area contributed by atoms with Gasteiger partial charge in [0.2, 0.25) is 11.8 Å². The summed E-state index contributed by atoms with van der Waals surface area (Å²) in [5.41, 5.74) is 5.90. The molecule has 0 aliphatic carbocycles. The molecule has 2 amide bonds. The number of nitrogens with zero attached hydrogens (tertiary/aromatic N) is 1. The first-order valence-electron chi connectivity index (χ1n) is 9.26. The number of amides is 2. The zero-order valence-electron chi connectivity index (χ0n) is 15.6. The van der Waals surface area contributed by atoms with Crippen LogP contribution >= 0.6 is 11.8 Å². The number of benzene rings is 1. The Kier molecular flexibility index (Phi) is 7.53. The van der Waals surface area contributed by atoms with Crippen LogP contribution in [-0.4, -0.2) is 48.3 Å². The summed E-state index contributed by atoms with van der Waals surface area (Å²) in [7, 11) is 0. The molecule has 7 nitrogen and oxygen atoms in total. The fraction of sp³-hybridized carbons (Fsp3) is 0.400. The number of furan rings is 1. The Labute approximate surface area is 168 Å². The van der Waals surface area contributed by atoms with E-state index in [4.69, 9.17) is 14.9 Å². The highest BCUT2D eigenvalue weighted by atomic mass is 32.2. The van der Waals surface area contributed by atoms with Gasteiger partial charge in [0.25, 0.3) is 0 Å². The van der Waals surface area contributed by atoms with E-state index in [1.54, 1.807) is 6.26 Å². The largest absolute Gasteiger partial charge is 0.468 e. The third kappa shape index (κ3) is 6.40. The smallest absolute Gasteiger partial charge is 0.238 e. The van der Waals surface area contributed by atoms with E-state index in [0.717, 1.165) is 30.1 Å². The molecule has 8 heteroatoms. The number of nitrogens with two attached hydrogens (primary N) is 1. The normalized spacial score (nSPS) is 16.4. The molecule has 1 aliphatic rings. The van der Waals surface area contributed by atoms with Crippen LogP contribution in [0.1, 0.15) is 18.6 Å². The van der Waals surface area contributed by atoms with Gasteiger partial charge in [0.05, 0.1) is 36.9 Å². The first kappa shape index (κ1) is 20.4. The molecule has 2 heterocycles. The van der Waals surface area contributed by atoms with Gasteiger partial charge in [0.1, 0.15) is 5.76 Å². The van der Waals surface area contributed by atoms with Gasteiger partial charge in [-0.15, -0.1) is 11.8 Å². The van der Waals surface area contributed by atoms with Gasteiger partial charge in [0, 0.05) is 18.0 Å². The standard InChI is InChI=1S/C20H25N3O4S/c21-19(24)14-28-18-8-2-1-7-17(18)22-20(25)13-23(11-15-5-3-9-26-15)12-16-6-4-10-27-16/h1-3,5,7-9,16H,4,6,10-14H2,(H2,21,24)(H,22,25).